The van der Waals surface area contributed by atoms with Gasteiger partial charge in [0.1, 0.15) is 11.9 Å². The summed E-state index contributed by atoms with van der Waals surface area (Å²) in [6.45, 7) is 4.86. The molecule has 2 aromatic rings. The SMILES string of the molecule is CN=C(NCCc1ccc(OC)c(OC)c1)NCc1ccc(C)cc1OC1CCOC1. The molecule has 2 aromatic carbocycles. The number of guanidine groups is 1. The maximum atomic E-state index is 6.19. The average molecular weight is 428 g/mol. The lowest BCUT2D eigenvalue weighted by Crippen LogP contribution is -2.38. The van der Waals surface area contributed by atoms with Crippen molar-refractivity contribution in [1.82, 2.24) is 10.6 Å². The second-order valence-electron chi connectivity index (χ2n) is 7.51. The van der Waals surface area contributed by atoms with E-state index >= 15 is 0 Å². The molecule has 7 nitrogen and oxygen atoms in total. The number of aryl methyl sites for hydroxylation is 1. The summed E-state index contributed by atoms with van der Waals surface area (Å²) in [6.07, 6.45) is 1.89. The lowest BCUT2D eigenvalue weighted by molar-refractivity contribution is 0.140. The van der Waals surface area contributed by atoms with Gasteiger partial charge in [0.15, 0.2) is 17.5 Å². The van der Waals surface area contributed by atoms with Crippen LogP contribution in [0.15, 0.2) is 41.4 Å². The topological polar surface area (TPSA) is 73.3 Å². The number of aliphatic imine (C=N–C) groups is 1. The lowest BCUT2D eigenvalue weighted by atomic mass is 10.1. The quantitative estimate of drug-likeness (QED) is 0.473. The second kappa shape index (κ2) is 11.5. The minimum Gasteiger partial charge on any atom is -0.493 e. The van der Waals surface area contributed by atoms with Crippen molar-refractivity contribution in [2.24, 2.45) is 4.99 Å². The third-order valence-electron chi connectivity index (χ3n) is 5.23. The van der Waals surface area contributed by atoms with Gasteiger partial charge in [-0.05, 0) is 42.7 Å². The standard InChI is InChI=1S/C24H33N3O4/c1-17-5-7-19(22(13-17)31-20-10-12-30-16-20)15-27-24(25-2)26-11-9-18-6-8-21(28-3)23(14-18)29-4/h5-8,13-14,20H,9-12,15-16H2,1-4H3,(H2,25,26,27). The minimum atomic E-state index is 0.125. The number of nitrogens with zero attached hydrogens (tertiary/aromatic N) is 1. The summed E-state index contributed by atoms with van der Waals surface area (Å²) in [5, 5.41) is 6.74. The van der Waals surface area contributed by atoms with Crippen molar-refractivity contribution in [3.63, 3.8) is 0 Å². The number of methoxy groups -OCH3 is 2. The van der Waals surface area contributed by atoms with Crippen LogP contribution in [0, 0.1) is 6.92 Å². The number of nitrogens with one attached hydrogen (secondary N) is 2. The highest BCUT2D eigenvalue weighted by molar-refractivity contribution is 5.79. The van der Waals surface area contributed by atoms with E-state index in [1.807, 2.05) is 18.2 Å². The van der Waals surface area contributed by atoms with E-state index in [0.29, 0.717) is 13.2 Å². The van der Waals surface area contributed by atoms with Gasteiger partial charge in [0.25, 0.3) is 0 Å². The molecule has 0 spiro atoms. The van der Waals surface area contributed by atoms with Crippen molar-refractivity contribution < 1.29 is 18.9 Å². The minimum absolute atomic E-state index is 0.125. The largest absolute Gasteiger partial charge is 0.493 e. The zero-order valence-corrected chi connectivity index (χ0v) is 18.9. The van der Waals surface area contributed by atoms with Gasteiger partial charge in [-0.2, -0.15) is 0 Å². The van der Waals surface area contributed by atoms with Crippen LogP contribution in [-0.2, 0) is 17.7 Å². The third kappa shape index (κ3) is 6.52. The van der Waals surface area contributed by atoms with Crippen molar-refractivity contribution in [2.75, 3.05) is 41.0 Å². The van der Waals surface area contributed by atoms with Crippen molar-refractivity contribution >= 4 is 5.96 Å². The molecule has 168 valence electrons. The van der Waals surface area contributed by atoms with Crippen LogP contribution in [0.2, 0.25) is 0 Å². The first-order valence-electron chi connectivity index (χ1n) is 10.6. The molecule has 7 heteroatoms. The Bertz CT molecular complexity index is 879. The Kier molecular flexibility index (Phi) is 8.41. The van der Waals surface area contributed by atoms with Gasteiger partial charge in [0.05, 0.1) is 27.4 Å². The molecule has 1 atom stereocenters. The van der Waals surface area contributed by atoms with Crippen LogP contribution in [0.3, 0.4) is 0 Å². The number of ether oxygens (including phenoxy) is 4. The van der Waals surface area contributed by atoms with Crippen LogP contribution >= 0.6 is 0 Å². The first-order valence-corrected chi connectivity index (χ1v) is 10.6. The fourth-order valence-electron chi connectivity index (χ4n) is 3.46. The van der Waals surface area contributed by atoms with Crippen molar-refractivity contribution in [1.29, 1.82) is 0 Å². The molecule has 1 heterocycles. The van der Waals surface area contributed by atoms with E-state index in [4.69, 9.17) is 18.9 Å². The van der Waals surface area contributed by atoms with E-state index in [1.165, 1.54) is 5.56 Å². The number of rotatable bonds is 9. The molecule has 1 unspecified atom stereocenters. The molecule has 0 bridgehead atoms. The molecule has 0 saturated carbocycles. The summed E-state index contributed by atoms with van der Waals surface area (Å²) in [5.74, 6) is 3.12. The number of hydrogen-bond donors (Lipinski definition) is 2. The molecule has 1 saturated heterocycles. The van der Waals surface area contributed by atoms with Crippen LogP contribution in [-0.4, -0.2) is 53.1 Å². The van der Waals surface area contributed by atoms with Crippen LogP contribution in [0.25, 0.3) is 0 Å². The first-order chi connectivity index (χ1) is 15.1. The maximum Gasteiger partial charge on any atom is 0.191 e. The van der Waals surface area contributed by atoms with Gasteiger partial charge in [-0.3, -0.25) is 4.99 Å². The molecule has 0 radical (unpaired) electrons. The predicted octanol–water partition coefficient (Wildman–Crippen LogP) is 3.09. The fourth-order valence-corrected chi connectivity index (χ4v) is 3.46. The highest BCUT2D eigenvalue weighted by atomic mass is 16.5. The van der Waals surface area contributed by atoms with E-state index in [1.54, 1.807) is 21.3 Å². The zero-order valence-electron chi connectivity index (χ0n) is 18.9. The van der Waals surface area contributed by atoms with E-state index in [9.17, 15) is 0 Å². The fraction of sp³-hybridized carbons (Fsp3) is 0.458. The van der Waals surface area contributed by atoms with Crippen LogP contribution < -0.4 is 24.8 Å². The number of hydrogen-bond acceptors (Lipinski definition) is 5. The maximum absolute atomic E-state index is 6.19. The molecule has 1 fully saturated rings. The first kappa shape index (κ1) is 22.7. The second-order valence-corrected chi connectivity index (χ2v) is 7.51. The summed E-state index contributed by atoms with van der Waals surface area (Å²) in [4.78, 5) is 4.33. The van der Waals surface area contributed by atoms with Gasteiger partial charge in [0.2, 0.25) is 0 Å². The van der Waals surface area contributed by atoms with Gasteiger partial charge < -0.3 is 29.6 Å². The molecule has 0 amide bonds. The smallest absolute Gasteiger partial charge is 0.191 e. The molecule has 1 aliphatic heterocycles. The molecule has 2 N–H and O–H groups in total. The monoisotopic (exact) mass is 427 g/mol. The normalized spacial score (nSPS) is 16.1. The predicted molar refractivity (Wildman–Crippen MR) is 122 cm³/mol. The molecule has 0 aliphatic carbocycles. The van der Waals surface area contributed by atoms with Gasteiger partial charge in [0, 0.05) is 32.1 Å². The Hall–Kier alpha value is -2.93. The Morgan fingerprint density at radius 3 is 2.61 bits per heavy atom. The molecule has 0 aromatic heterocycles. The summed E-state index contributed by atoms with van der Waals surface area (Å²) in [7, 11) is 5.06. The van der Waals surface area contributed by atoms with Gasteiger partial charge >= 0.3 is 0 Å². The van der Waals surface area contributed by atoms with E-state index in [0.717, 1.165) is 60.3 Å². The summed E-state index contributed by atoms with van der Waals surface area (Å²) >= 11 is 0. The van der Waals surface area contributed by atoms with E-state index in [2.05, 4.69) is 40.7 Å². The van der Waals surface area contributed by atoms with Crippen LogP contribution in [0.5, 0.6) is 17.2 Å². The third-order valence-corrected chi connectivity index (χ3v) is 5.23. The molecule has 31 heavy (non-hydrogen) atoms. The molecule has 3 rings (SSSR count). The van der Waals surface area contributed by atoms with Gasteiger partial charge in [-0.25, -0.2) is 0 Å². The highest BCUT2D eigenvalue weighted by Crippen LogP contribution is 2.27. The van der Waals surface area contributed by atoms with E-state index < -0.39 is 0 Å². The Morgan fingerprint density at radius 1 is 1.06 bits per heavy atom. The number of benzene rings is 2. The Morgan fingerprint density at radius 2 is 1.90 bits per heavy atom. The summed E-state index contributed by atoms with van der Waals surface area (Å²) in [6, 6.07) is 12.3. The molecular weight excluding hydrogens is 394 g/mol. The van der Waals surface area contributed by atoms with E-state index in [-0.39, 0.29) is 6.10 Å². The Balaban J connectivity index is 1.53. The van der Waals surface area contributed by atoms with Gasteiger partial charge in [-0.15, -0.1) is 0 Å². The van der Waals surface area contributed by atoms with Crippen LogP contribution in [0.4, 0.5) is 0 Å². The highest BCUT2D eigenvalue weighted by Gasteiger charge is 2.18. The van der Waals surface area contributed by atoms with Crippen molar-refractivity contribution in [3.8, 4) is 17.2 Å². The lowest BCUT2D eigenvalue weighted by Gasteiger charge is -2.18. The van der Waals surface area contributed by atoms with Crippen molar-refractivity contribution in [2.45, 2.75) is 32.4 Å². The summed E-state index contributed by atoms with van der Waals surface area (Å²) < 4.78 is 22.3. The van der Waals surface area contributed by atoms with Crippen molar-refractivity contribution in [3.05, 3.63) is 53.1 Å². The summed E-state index contributed by atoms with van der Waals surface area (Å²) in [5.41, 5.74) is 3.43. The molecule has 1 aliphatic rings. The average Bonchev–Trinajstić information content (AvgIpc) is 3.30. The molecular formula is C24H33N3O4. The zero-order chi connectivity index (χ0) is 22.1. The van der Waals surface area contributed by atoms with Crippen LogP contribution in [0.1, 0.15) is 23.1 Å². The Labute approximate surface area is 184 Å². The van der Waals surface area contributed by atoms with Gasteiger partial charge in [-0.1, -0.05) is 18.2 Å².